The molecule has 3 N–H and O–H groups in total. The molecule has 5 heteroatoms. The zero-order chi connectivity index (χ0) is 14.7. The van der Waals surface area contributed by atoms with Crippen LogP contribution in [0.3, 0.4) is 0 Å². The van der Waals surface area contributed by atoms with Gasteiger partial charge in [-0.15, -0.1) is 0 Å². The van der Waals surface area contributed by atoms with Crippen LogP contribution < -0.4 is 5.73 Å². The van der Waals surface area contributed by atoms with E-state index in [-0.39, 0.29) is 12.5 Å². The van der Waals surface area contributed by atoms with Crippen LogP contribution in [0.1, 0.15) is 35.8 Å². The van der Waals surface area contributed by atoms with E-state index in [1.165, 1.54) is 0 Å². The van der Waals surface area contributed by atoms with E-state index in [0.29, 0.717) is 22.0 Å². The van der Waals surface area contributed by atoms with E-state index in [2.05, 4.69) is 0 Å². The third-order valence-corrected chi connectivity index (χ3v) is 4.08. The van der Waals surface area contributed by atoms with E-state index < -0.39 is 6.10 Å². The molecule has 0 saturated carbocycles. The summed E-state index contributed by atoms with van der Waals surface area (Å²) in [6.45, 7) is 2.20. The molecule has 0 spiro atoms. The Morgan fingerprint density at radius 2 is 1.90 bits per heavy atom. The minimum Gasteiger partial charge on any atom is -0.469 e. The van der Waals surface area contributed by atoms with E-state index in [0.717, 1.165) is 11.3 Å². The van der Waals surface area contributed by atoms with Gasteiger partial charge in [0.05, 0.1) is 12.4 Å². The first-order chi connectivity index (χ1) is 9.60. The van der Waals surface area contributed by atoms with Crippen molar-refractivity contribution in [2.45, 2.75) is 25.4 Å². The number of aliphatic hydroxyl groups is 1. The molecule has 108 valence electrons. The first-order valence-electron chi connectivity index (χ1n) is 6.48. The van der Waals surface area contributed by atoms with Gasteiger partial charge in [-0.05, 0) is 23.8 Å². The second-order valence-corrected chi connectivity index (χ2v) is 5.39. The van der Waals surface area contributed by atoms with Crippen LogP contribution >= 0.6 is 23.2 Å². The van der Waals surface area contributed by atoms with E-state index >= 15 is 0 Å². The first kappa shape index (κ1) is 15.4. The summed E-state index contributed by atoms with van der Waals surface area (Å²) >= 11 is 12.4. The van der Waals surface area contributed by atoms with E-state index in [9.17, 15) is 5.11 Å². The molecule has 0 fully saturated rings. The molecule has 0 aliphatic carbocycles. The highest BCUT2D eigenvalue weighted by Crippen LogP contribution is 2.39. The van der Waals surface area contributed by atoms with Gasteiger partial charge in [0, 0.05) is 34.5 Å². The fourth-order valence-corrected chi connectivity index (χ4v) is 3.07. The molecule has 0 amide bonds. The molecule has 0 radical (unpaired) electrons. The van der Waals surface area contributed by atoms with E-state index in [4.69, 9.17) is 33.4 Å². The molecule has 1 aromatic carbocycles. The maximum absolute atomic E-state index is 10.6. The molecule has 1 aromatic heterocycles. The Labute approximate surface area is 128 Å². The summed E-state index contributed by atoms with van der Waals surface area (Å²) in [6, 6.07) is 7.02. The van der Waals surface area contributed by atoms with Gasteiger partial charge in [0.2, 0.25) is 0 Å². The summed E-state index contributed by atoms with van der Waals surface area (Å²) < 4.78 is 5.36. The average Bonchev–Trinajstić information content (AvgIpc) is 2.90. The molecule has 0 aliphatic rings. The van der Waals surface area contributed by atoms with E-state index in [1.807, 2.05) is 6.92 Å². The van der Waals surface area contributed by atoms with Crippen molar-refractivity contribution in [1.29, 1.82) is 0 Å². The fourth-order valence-electron chi connectivity index (χ4n) is 2.39. The highest BCUT2D eigenvalue weighted by Gasteiger charge is 2.28. The Morgan fingerprint density at radius 1 is 1.25 bits per heavy atom. The molecule has 0 saturated heterocycles. The first-order valence-corrected chi connectivity index (χ1v) is 7.24. The molecule has 2 unspecified atom stereocenters. The van der Waals surface area contributed by atoms with Gasteiger partial charge in [-0.3, -0.25) is 0 Å². The molecule has 1 heterocycles. The summed E-state index contributed by atoms with van der Waals surface area (Å²) in [5, 5.41) is 11.6. The Kier molecular flexibility index (Phi) is 5.11. The van der Waals surface area contributed by atoms with Crippen LogP contribution in [0.4, 0.5) is 0 Å². The number of hydrogen-bond donors (Lipinski definition) is 2. The van der Waals surface area contributed by atoms with Gasteiger partial charge in [-0.1, -0.05) is 36.2 Å². The number of benzene rings is 1. The molecule has 2 aromatic rings. The van der Waals surface area contributed by atoms with Crippen LogP contribution in [0, 0.1) is 0 Å². The number of aliphatic hydroxyl groups excluding tert-OH is 1. The smallest absolute Gasteiger partial charge is 0.109 e. The number of halogens is 2. The lowest BCUT2D eigenvalue weighted by molar-refractivity contribution is 0.145. The largest absolute Gasteiger partial charge is 0.469 e. The second-order valence-electron chi connectivity index (χ2n) is 4.58. The topological polar surface area (TPSA) is 59.4 Å². The lowest BCUT2D eigenvalue weighted by atomic mass is 9.89. The fraction of sp³-hybridized carbons (Fsp3) is 0.333. The van der Waals surface area contributed by atoms with Crippen molar-refractivity contribution >= 4 is 23.2 Å². The quantitative estimate of drug-likeness (QED) is 0.879. The van der Waals surface area contributed by atoms with Crippen molar-refractivity contribution in [3.63, 3.8) is 0 Å². The van der Waals surface area contributed by atoms with Gasteiger partial charge in [0.15, 0.2) is 0 Å². The molecule has 0 aliphatic heterocycles. The van der Waals surface area contributed by atoms with E-state index in [1.54, 1.807) is 30.5 Å². The van der Waals surface area contributed by atoms with Crippen molar-refractivity contribution in [2.24, 2.45) is 5.73 Å². The number of hydrogen-bond acceptors (Lipinski definition) is 3. The normalized spacial score (nSPS) is 14.2. The highest BCUT2D eigenvalue weighted by molar-refractivity contribution is 6.36. The van der Waals surface area contributed by atoms with Crippen LogP contribution in [-0.2, 0) is 6.42 Å². The minimum absolute atomic E-state index is 0.235. The van der Waals surface area contributed by atoms with Crippen LogP contribution in [0.15, 0.2) is 34.9 Å². The Morgan fingerprint density at radius 3 is 2.45 bits per heavy atom. The van der Waals surface area contributed by atoms with Crippen molar-refractivity contribution in [3.05, 3.63) is 57.5 Å². The van der Waals surface area contributed by atoms with Crippen molar-refractivity contribution in [2.75, 3.05) is 6.54 Å². The van der Waals surface area contributed by atoms with Crippen molar-refractivity contribution < 1.29 is 9.52 Å². The van der Waals surface area contributed by atoms with Crippen LogP contribution in [0.5, 0.6) is 0 Å². The molecular formula is C15H17Cl2NO2. The molecule has 20 heavy (non-hydrogen) atoms. The number of aryl methyl sites for hydroxylation is 1. The zero-order valence-corrected chi connectivity index (χ0v) is 12.7. The second kappa shape index (κ2) is 6.64. The number of nitrogens with two attached hydrogens (primary N) is 1. The summed E-state index contributed by atoms with van der Waals surface area (Å²) in [6.07, 6.45) is 1.47. The SMILES string of the molecule is CCc1occc1C(O)C(CN)c1c(Cl)cccc1Cl. The average molecular weight is 314 g/mol. The molecular weight excluding hydrogens is 297 g/mol. The third kappa shape index (κ3) is 2.86. The van der Waals surface area contributed by atoms with Crippen LogP contribution in [-0.4, -0.2) is 11.7 Å². The summed E-state index contributed by atoms with van der Waals surface area (Å²) in [7, 11) is 0. The van der Waals surface area contributed by atoms with Gasteiger partial charge in [0.1, 0.15) is 5.76 Å². The van der Waals surface area contributed by atoms with Crippen molar-refractivity contribution in [3.8, 4) is 0 Å². The number of furan rings is 1. The summed E-state index contributed by atoms with van der Waals surface area (Å²) in [5.41, 5.74) is 7.24. The maximum atomic E-state index is 10.6. The Hall–Kier alpha value is -1.00. The lowest BCUT2D eigenvalue weighted by Gasteiger charge is -2.24. The molecule has 2 atom stereocenters. The zero-order valence-electron chi connectivity index (χ0n) is 11.1. The minimum atomic E-state index is -0.800. The monoisotopic (exact) mass is 313 g/mol. The summed E-state index contributed by atoms with van der Waals surface area (Å²) in [5.74, 6) is 0.373. The Balaban J connectivity index is 2.42. The van der Waals surface area contributed by atoms with Crippen molar-refractivity contribution in [1.82, 2.24) is 0 Å². The Bertz CT molecular complexity index is 563. The number of rotatable bonds is 5. The predicted molar refractivity (Wildman–Crippen MR) is 81.3 cm³/mol. The molecule has 2 rings (SSSR count). The predicted octanol–water partition coefficient (Wildman–Crippen LogP) is 3.92. The molecule has 3 nitrogen and oxygen atoms in total. The van der Waals surface area contributed by atoms with Crippen LogP contribution in [0.2, 0.25) is 10.0 Å². The highest BCUT2D eigenvalue weighted by atomic mass is 35.5. The van der Waals surface area contributed by atoms with Gasteiger partial charge >= 0.3 is 0 Å². The van der Waals surface area contributed by atoms with Gasteiger partial charge in [-0.25, -0.2) is 0 Å². The third-order valence-electron chi connectivity index (χ3n) is 3.43. The standard InChI is InChI=1S/C15H17Cl2NO2/c1-2-13-9(6-7-20-13)15(19)10(8-18)14-11(16)4-3-5-12(14)17/h3-7,10,15,19H,2,8,18H2,1H3. The van der Waals surface area contributed by atoms with Crippen LogP contribution in [0.25, 0.3) is 0 Å². The molecule has 0 bridgehead atoms. The maximum Gasteiger partial charge on any atom is 0.109 e. The van der Waals surface area contributed by atoms with Gasteiger partial charge in [-0.2, -0.15) is 0 Å². The lowest BCUT2D eigenvalue weighted by Crippen LogP contribution is -2.21. The van der Waals surface area contributed by atoms with Gasteiger partial charge < -0.3 is 15.3 Å². The van der Waals surface area contributed by atoms with Gasteiger partial charge in [0.25, 0.3) is 0 Å². The summed E-state index contributed by atoms with van der Waals surface area (Å²) in [4.78, 5) is 0.